The maximum absolute atomic E-state index is 10.3. The summed E-state index contributed by atoms with van der Waals surface area (Å²) in [7, 11) is 0. The third-order valence-electron chi connectivity index (χ3n) is 1.12. The second kappa shape index (κ2) is 4.84. The minimum Gasteiger partial charge on any atom is -0.481 e. The minimum absolute atomic E-state index is 0.0520. The number of carboxylic acid groups (broad SMARTS) is 1. The molecule has 0 atom stereocenters. The zero-order valence-corrected chi connectivity index (χ0v) is 8.19. The monoisotopic (exact) mass is 214 g/mol. The molecule has 13 heavy (non-hydrogen) atoms. The summed E-state index contributed by atoms with van der Waals surface area (Å²) < 4.78 is 0.748. The summed E-state index contributed by atoms with van der Waals surface area (Å²) in [5, 5.41) is 18.5. The van der Waals surface area contributed by atoms with Crippen LogP contribution in [0.4, 0.5) is 0 Å². The lowest BCUT2D eigenvalue weighted by Gasteiger charge is -1.87. The number of carboxylic acids is 1. The van der Waals surface area contributed by atoms with Gasteiger partial charge in [-0.1, -0.05) is 11.8 Å². The average molecular weight is 214 g/mol. The van der Waals surface area contributed by atoms with Gasteiger partial charge in [0.05, 0.1) is 23.9 Å². The molecule has 0 aliphatic heterocycles. The van der Waals surface area contributed by atoms with Crippen molar-refractivity contribution in [3.8, 4) is 6.07 Å². The highest BCUT2D eigenvalue weighted by Crippen LogP contribution is 2.22. The second-order valence-corrected chi connectivity index (χ2v) is 4.20. The number of thiazole rings is 1. The van der Waals surface area contributed by atoms with E-state index in [4.69, 9.17) is 10.4 Å². The van der Waals surface area contributed by atoms with E-state index in [1.165, 1.54) is 23.1 Å². The molecule has 0 fully saturated rings. The molecular weight excluding hydrogens is 208 g/mol. The molecule has 1 heterocycles. The maximum Gasteiger partial charge on any atom is 0.309 e. The van der Waals surface area contributed by atoms with Gasteiger partial charge in [0, 0.05) is 5.38 Å². The highest BCUT2D eigenvalue weighted by molar-refractivity contribution is 8.01. The number of nitriles is 1. The molecule has 1 rings (SSSR count). The van der Waals surface area contributed by atoms with Gasteiger partial charge in [0.15, 0.2) is 4.34 Å². The summed E-state index contributed by atoms with van der Waals surface area (Å²) in [5.41, 5.74) is 0.554. The molecule has 4 nitrogen and oxygen atoms in total. The lowest BCUT2D eigenvalue weighted by atomic mass is 10.3. The Kier molecular flexibility index (Phi) is 3.73. The van der Waals surface area contributed by atoms with Crippen LogP contribution in [0, 0.1) is 11.3 Å². The van der Waals surface area contributed by atoms with E-state index in [2.05, 4.69) is 4.98 Å². The van der Waals surface area contributed by atoms with Crippen LogP contribution in [-0.2, 0) is 11.2 Å². The molecule has 6 heteroatoms. The van der Waals surface area contributed by atoms with Gasteiger partial charge in [-0.15, -0.1) is 11.3 Å². The van der Waals surface area contributed by atoms with Gasteiger partial charge in [0.2, 0.25) is 0 Å². The number of hydrogen-bond donors (Lipinski definition) is 1. The number of rotatable bonds is 4. The molecule has 0 aliphatic rings. The summed E-state index contributed by atoms with van der Waals surface area (Å²) in [6.45, 7) is 0. The van der Waals surface area contributed by atoms with Crippen molar-refractivity contribution in [2.45, 2.75) is 10.8 Å². The van der Waals surface area contributed by atoms with E-state index >= 15 is 0 Å². The van der Waals surface area contributed by atoms with Gasteiger partial charge in [0.1, 0.15) is 0 Å². The first-order valence-corrected chi connectivity index (χ1v) is 5.25. The van der Waals surface area contributed by atoms with E-state index in [0.717, 1.165) is 4.34 Å². The molecular formula is C7H6N2O2S2. The normalized spacial score (nSPS) is 9.46. The molecule has 0 amide bonds. The molecule has 0 unspecified atom stereocenters. The summed E-state index contributed by atoms with van der Waals surface area (Å²) >= 11 is 2.69. The average Bonchev–Trinajstić information content (AvgIpc) is 2.48. The van der Waals surface area contributed by atoms with Gasteiger partial charge in [-0.2, -0.15) is 5.26 Å². The van der Waals surface area contributed by atoms with Crippen LogP contribution in [0.5, 0.6) is 0 Å². The van der Waals surface area contributed by atoms with E-state index in [-0.39, 0.29) is 6.42 Å². The van der Waals surface area contributed by atoms with Crippen LogP contribution < -0.4 is 0 Å². The minimum atomic E-state index is -0.887. The highest BCUT2D eigenvalue weighted by atomic mass is 32.2. The molecule has 0 spiro atoms. The van der Waals surface area contributed by atoms with Crippen molar-refractivity contribution in [2.75, 3.05) is 5.75 Å². The number of thioether (sulfide) groups is 1. The Morgan fingerprint density at radius 3 is 3.23 bits per heavy atom. The van der Waals surface area contributed by atoms with Crippen LogP contribution in [0.2, 0.25) is 0 Å². The third-order valence-corrected chi connectivity index (χ3v) is 3.06. The Morgan fingerprint density at radius 2 is 2.62 bits per heavy atom. The lowest BCUT2D eigenvalue weighted by Crippen LogP contribution is -1.99. The fourth-order valence-corrected chi connectivity index (χ4v) is 2.19. The van der Waals surface area contributed by atoms with E-state index < -0.39 is 5.97 Å². The zero-order chi connectivity index (χ0) is 9.68. The number of hydrogen-bond acceptors (Lipinski definition) is 5. The van der Waals surface area contributed by atoms with Crippen molar-refractivity contribution in [1.82, 2.24) is 4.98 Å². The molecule has 68 valence electrons. The number of carbonyl (C=O) groups is 1. The maximum atomic E-state index is 10.3. The van der Waals surface area contributed by atoms with Crippen LogP contribution in [0.1, 0.15) is 5.69 Å². The Labute approximate surface area is 83.2 Å². The van der Waals surface area contributed by atoms with Gasteiger partial charge in [-0.3, -0.25) is 4.79 Å². The summed E-state index contributed by atoms with van der Waals surface area (Å²) in [5.74, 6) is -0.540. The largest absolute Gasteiger partial charge is 0.481 e. The first kappa shape index (κ1) is 10.0. The van der Waals surface area contributed by atoms with Gasteiger partial charge in [-0.25, -0.2) is 4.98 Å². The standard InChI is InChI=1S/C7H6N2O2S2/c8-1-2-12-7-9-5(4-13-7)3-6(10)11/h4H,2-3H2,(H,10,11). The Hall–Kier alpha value is -1.06. The molecule has 0 aromatic carbocycles. The molecule has 0 saturated carbocycles. The summed E-state index contributed by atoms with van der Waals surface area (Å²) in [6.07, 6.45) is -0.0520. The smallest absolute Gasteiger partial charge is 0.309 e. The van der Waals surface area contributed by atoms with E-state index in [1.807, 2.05) is 6.07 Å². The van der Waals surface area contributed by atoms with Crippen molar-refractivity contribution in [1.29, 1.82) is 5.26 Å². The number of aromatic nitrogens is 1. The Bertz CT molecular complexity index is 343. The first-order chi connectivity index (χ1) is 6.22. The Morgan fingerprint density at radius 1 is 1.85 bits per heavy atom. The predicted molar refractivity (Wildman–Crippen MR) is 49.8 cm³/mol. The molecule has 0 saturated heterocycles. The first-order valence-electron chi connectivity index (χ1n) is 3.38. The van der Waals surface area contributed by atoms with Crippen molar-refractivity contribution in [3.05, 3.63) is 11.1 Å². The summed E-state index contributed by atoms with van der Waals surface area (Å²) in [4.78, 5) is 14.3. The van der Waals surface area contributed by atoms with E-state index in [9.17, 15) is 4.79 Å². The van der Waals surface area contributed by atoms with Crippen LogP contribution in [-0.4, -0.2) is 21.8 Å². The fourth-order valence-electron chi connectivity index (χ4n) is 0.685. The highest BCUT2D eigenvalue weighted by Gasteiger charge is 2.05. The van der Waals surface area contributed by atoms with Gasteiger partial charge < -0.3 is 5.11 Å². The quantitative estimate of drug-likeness (QED) is 0.766. The van der Waals surface area contributed by atoms with Crippen molar-refractivity contribution in [3.63, 3.8) is 0 Å². The van der Waals surface area contributed by atoms with E-state index in [1.54, 1.807) is 5.38 Å². The molecule has 0 aliphatic carbocycles. The summed E-state index contributed by atoms with van der Waals surface area (Å²) in [6, 6.07) is 1.98. The number of aliphatic carboxylic acids is 1. The molecule has 1 aromatic heterocycles. The zero-order valence-electron chi connectivity index (χ0n) is 6.56. The van der Waals surface area contributed by atoms with Crippen molar-refractivity contribution < 1.29 is 9.90 Å². The van der Waals surface area contributed by atoms with Crippen molar-refractivity contribution >= 4 is 29.1 Å². The Balaban J connectivity index is 2.54. The van der Waals surface area contributed by atoms with Crippen LogP contribution in [0.3, 0.4) is 0 Å². The van der Waals surface area contributed by atoms with Gasteiger partial charge >= 0.3 is 5.97 Å². The predicted octanol–water partition coefficient (Wildman–Crippen LogP) is 1.39. The van der Waals surface area contributed by atoms with Gasteiger partial charge in [-0.05, 0) is 0 Å². The van der Waals surface area contributed by atoms with Crippen LogP contribution >= 0.6 is 23.1 Å². The fraction of sp³-hybridized carbons (Fsp3) is 0.286. The molecule has 0 radical (unpaired) electrons. The molecule has 1 aromatic rings. The second-order valence-electron chi connectivity index (χ2n) is 2.12. The number of nitrogens with zero attached hydrogens (tertiary/aromatic N) is 2. The van der Waals surface area contributed by atoms with Gasteiger partial charge in [0.25, 0.3) is 0 Å². The molecule has 0 bridgehead atoms. The SMILES string of the molecule is N#CCSc1nc(CC(=O)O)cs1. The lowest BCUT2D eigenvalue weighted by molar-refractivity contribution is -0.136. The van der Waals surface area contributed by atoms with Crippen LogP contribution in [0.25, 0.3) is 0 Å². The van der Waals surface area contributed by atoms with Crippen LogP contribution in [0.15, 0.2) is 9.72 Å². The third kappa shape index (κ3) is 3.44. The topological polar surface area (TPSA) is 74.0 Å². The van der Waals surface area contributed by atoms with Crippen molar-refractivity contribution in [2.24, 2.45) is 0 Å². The molecule has 1 N–H and O–H groups in total. The van der Waals surface area contributed by atoms with E-state index in [0.29, 0.717) is 11.4 Å².